The van der Waals surface area contributed by atoms with E-state index in [0.29, 0.717) is 6.61 Å². The molecule has 0 aliphatic heterocycles. The maximum atomic E-state index is 13.0. The van der Waals surface area contributed by atoms with E-state index in [0.717, 1.165) is 28.6 Å². The Hall–Kier alpha value is -3.22. The number of imidazole rings is 1. The predicted molar refractivity (Wildman–Crippen MR) is 126 cm³/mol. The van der Waals surface area contributed by atoms with Gasteiger partial charge in [0.2, 0.25) is 0 Å². The summed E-state index contributed by atoms with van der Waals surface area (Å²) in [5.74, 6) is 0.796. The van der Waals surface area contributed by atoms with Gasteiger partial charge < -0.3 is 9.64 Å². The minimum Gasteiger partial charge on any atom is -0.492 e. The molecule has 0 fully saturated rings. The molecule has 3 aromatic carbocycles. The third kappa shape index (κ3) is 5.29. The van der Waals surface area contributed by atoms with E-state index in [1.165, 1.54) is 4.90 Å². The van der Waals surface area contributed by atoms with Crippen LogP contribution in [-0.2, 0) is 0 Å². The molecule has 0 N–H and O–H groups in total. The van der Waals surface area contributed by atoms with Crippen LogP contribution in [0.15, 0.2) is 106 Å². The molecule has 0 unspecified atom stereocenters. The Morgan fingerprint density at radius 2 is 1.32 bits per heavy atom. The van der Waals surface area contributed by atoms with E-state index in [2.05, 4.69) is 17.0 Å². The van der Waals surface area contributed by atoms with Crippen LogP contribution in [0.1, 0.15) is 0 Å². The monoisotopic (exact) mass is 431 g/mol. The standard InChI is InChI=1S/C25H25N3O2S/c1-26(2)18-19-30-22-12-8-20(9-13-22)27-16-17-28(25(27)29)21-10-14-24(15-11-21)31-23-6-4-3-5-7-23/h3-17H,18-19H2,1-2H3. The number of likely N-dealkylation sites (N-methyl/N-ethyl adjacent to an activating group) is 1. The van der Waals surface area contributed by atoms with Gasteiger partial charge in [0.25, 0.3) is 0 Å². The Morgan fingerprint density at radius 1 is 0.774 bits per heavy atom. The van der Waals surface area contributed by atoms with E-state index in [1.807, 2.05) is 80.8 Å². The highest BCUT2D eigenvalue weighted by atomic mass is 32.2. The molecule has 0 saturated carbocycles. The van der Waals surface area contributed by atoms with Crippen LogP contribution in [-0.4, -0.2) is 41.3 Å². The molecule has 0 aliphatic rings. The Kier molecular flexibility index (Phi) is 6.60. The second-order valence-electron chi connectivity index (χ2n) is 7.38. The minimum absolute atomic E-state index is 0.107. The summed E-state index contributed by atoms with van der Waals surface area (Å²) < 4.78 is 9.02. The second-order valence-corrected chi connectivity index (χ2v) is 8.52. The SMILES string of the molecule is CN(C)CCOc1ccc(-n2ccn(-c3ccc(Sc4ccccc4)cc3)c2=O)cc1. The lowest BCUT2D eigenvalue weighted by molar-refractivity contribution is 0.261. The van der Waals surface area contributed by atoms with Crippen molar-refractivity contribution in [2.75, 3.05) is 27.2 Å². The summed E-state index contributed by atoms with van der Waals surface area (Å²) in [4.78, 5) is 17.4. The van der Waals surface area contributed by atoms with Crippen LogP contribution in [0, 0.1) is 0 Å². The lowest BCUT2D eigenvalue weighted by atomic mass is 10.3. The summed E-state index contributed by atoms with van der Waals surface area (Å²) in [7, 11) is 4.03. The topological polar surface area (TPSA) is 39.4 Å². The van der Waals surface area contributed by atoms with Gasteiger partial charge in [-0.3, -0.25) is 9.13 Å². The Bertz CT molecular complexity index is 1160. The molecular weight excluding hydrogens is 406 g/mol. The maximum Gasteiger partial charge on any atom is 0.337 e. The van der Waals surface area contributed by atoms with Crippen LogP contribution < -0.4 is 10.4 Å². The van der Waals surface area contributed by atoms with Gasteiger partial charge in [-0.05, 0) is 74.8 Å². The van der Waals surface area contributed by atoms with Gasteiger partial charge in [0.1, 0.15) is 12.4 Å². The first-order valence-electron chi connectivity index (χ1n) is 10.1. The third-order valence-electron chi connectivity index (χ3n) is 4.79. The van der Waals surface area contributed by atoms with Crippen molar-refractivity contribution < 1.29 is 4.74 Å². The number of aromatic nitrogens is 2. The zero-order valence-electron chi connectivity index (χ0n) is 17.6. The zero-order chi connectivity index (χ0) is 21.6. The first-order chi connectivity index (χ1) is 15.1. The fourth-order valence-corrected chi connectivity index (χ4v) is 3.96. The highest BCUT2D eigenvalue weighted by Gasteiger charge is 2.08. The molecule has 158 valence electrons. The van der Waals surface area contributed by atoms with Crippen LogP contribution in [0.25, 0.3) is 11.4 Å². The van der Waals surface area contributed by atoms with Crippen LogP contribution in [0.5, 0.6) is 5.75 Å². The van der Waals surface area contributed by atoms with Gasteiger partial charge in [0.05, 0.1) is 11.4 Å². The highest BCUT2D eigenvalue weighted by Crippen LogP contribution is 2.27. The third-order valence-corrected chi connectivity index (χ3v) is 5.81. The maximum absolute atomic E-state index is 13.0. The number of rotatable bonds is 8. The molecule has 0 radical (unpaired) electrons. The first-order valence-corrected chi connectivity index (χ1v) is 10.9. The number of benzene rings is 3. The first kappa shape index (κ1) is 21.0. The van der Waals surface area contributed by atoms with Crippen molar-refractivity contribution in [3.63, 3.8) is 0 Å². The summed E-state index contributed by atoms with van der Waals surface area (Å²) in [6, 6.07) is 25.8. The molecule has 1 heterocycles. The van der Waals surface area contributed by atoms with E-state index < -0.39 is 0 Å². The van der Waals surface area contributed by atoms with Crippen LogP contribution in [0.3, 0.4) is 0 Å². The molecule has 0 saturated heterocycles. The molecule has 4 rings (SSSR count). The van der Waals surface area contributed by atoms with Gasteiger partial charge in [0, 0.05) is 28.7 Å². The van der Waals surface area contributed by atoms with Crippen LogP contribution in [0.4, 0.5) is 0 Å². The molecule has 1 aromatic heterocycles. The van der Waals surface area contributed by atoms with Gasteiger partial charge in [-0.2, -0.15) is 0 Å². The van der Waals surface area contributed by atoms with Crippen molar-refractivity contribution in [2.45, 2.75) is 9.79 Å². The zero-order valence-corrected chi connectivity index (χ0v) is 18.5. The smallest absolute Gasteiger partial charge is 0.337 e. The molecule has 0 bridgehead atoms. The lowest BCUT2D eigenvalue weighted by Crippen LogP contribution is -2.21. The van der Waals surface area contributed by atoms with Crippen LogP contribution in [0.2, 0.25) is 0 Å². The largest absolute Gasteiger partial charge is 0.492 e. The number of hydrogen-bond donors (Lipinski definition) is 0. The molecule has 0 amide bonds. The second kappa shape index (κ2) is 9.73. The quantitative estimate of drug-likeness (QED) is 0.405. The number of nitrogens with zero attached hydrogens (tertiary/aromatic N) is 3. The van der Waals surface area contributed by atoms with Crippen molar-refractivity contribution in [1.82, 2.24) is 14.0 Å². The summed E-state index contributed by atoms with van der Waals surface area (Å²) in [6.45, 7) is 1.48. The van der Waals surface area contributed by atoms with Crippen LogP contribution >= 0.6 is 11.8 Å². The fraction of sp³-hybridized carbons (Fsp3) is 0.160. The van der Waals surface area contributed by atoms with E-state index in [9.17, 15) is 4.79 Å². The van der Waals surface area contributed by atoms with E-state index in [-0.39, 0.29) is 5.69 Å². The Labute approximate surface area is 186 Å². The summed E-state index contributed by atoms with van der Waals surface area (Å²) in [5, 5.41) is 0. The summed E-state index contributed by atoms with van der Waals surface area (Å²) in [5.41, 5.74) is 1.54. The van der Waals surface area contributed by atoms with Gasteiger partial charge in [-0.25, -0.2) is 4.79 Å². The van der Waals surface area contributed by atoms with Crippen molar-refractivity contribution in [3.8, 4) is 17.1 Å². The van der Waals surface area contributed by atoms with Crippen molar-refractivity contribution >= 4 is 11.8 Å². The molecule has 31 heavy (non-hydrogen) atoms. The normalized spacial score (nSPS) is 11.1. The van der Waals surface area contributed by atoms with E-state index in [1.54, 1.807) is 33.3 Å². The van der Waals surface area contributed by atoms with Crippen molar-refractivity contribution in [3.05, 3.63) is 102 Å². The molecule has 0 atom stereocenters. The summed E-state index contributed by atoms with van der Waals surface area (Å²) >= 11 is 1.70. The van der Waals surface area contributed by atoms with Gasteiger partial charge >= 0.3 is 5.69 Å². The Morgan fingerprint density at radius 3 is 1.90 bits per heavy atom. The van der Waals surface area contributed by atoms with Gasteiger partial charge in [-0.15, -0.1) is 0 Å². The lowest BCUT2D eigenvalue weighted by Gasteiger charge is -2.11. The number of hydrogen-bond acceptors (Lipinski definition) is 4. The molecule has 4 aromatic rings. The Balaban J connectivity index is 1.47. The number of ether oxygens (including phenoxy) is 1. The predicted octanol–water partition coefficient (Wildman–Crippen LogP) is 4.72. The fourth-order valence-electron chi connectivity index (χ4n) is 3.12. The van der Waals surface area contributed by atoms with Gasteiger partial charge in [0.15, 0.2) is 0 Å². The highest BCUT2D eigenvalue weighted by molar-refractivity contribution is 7.99. The van der Waals surface area contributed by atoms with Crippen molar-refractivity contribution in [2.24, 2.45) is 0 Å². The van der Waals surface area contributed by atoms with E-state index in [4.69, 9.17) is 4.74 Å². The molecule has 0 aliphatic carbocycles. The summed E-state index contributed by atoms with van der Waals surface area (Å²) in [6.07, 6.45) is 3.58. The molecule has 5 nitrogen and oxygen atoms in total. The average Bonchev–Trinajstić information content (AvgIpc) is 3.16. The molecular formula is C25H25N3O2S. The average molecular weight is 432 g/mol. The molecule has 6 heteroatoms. The van der Waals surface area contributed by atoms with Gasteiger partial charge in [-0.1, -0.05) is 30.0 Å². The van der Waals surface area contributed by atoms with E-state index >= 15 is 0 Å². The minimum atomic E-state index is -0.107. The van der Waals surface area contributed by atoms with Crippen molar-refractivity contribution in [1.29, 1.82) is 0 Å². The molecule has 0 spiro atoms.